The number of H-pyrrole nitrogens is 1. The number of piperazine rings is 1. The Bertz CT molecular complexity index is 1020. The fourth-order valence-corrected chi connectivity index (χ4v) is 3.56. The lowest BCUT2D eigenvalue weighted by Crippen LogP contribution is -2.49. The number of hydrogen-bond acceptors (Lipinski definition) is 4. The summed E-state index contributed by atoms with van der Waals surface area (Å²) in [6, 6.07) is 11.3. The lowest BCUT2D eigenvalue weighted by atomic mass is 10.2. The third-order valence-corrected chi connectivity index (χ3v) is 5.01. The summed E-state index contributed by atoms with van der Waals surface area (Å²) in [4.78, 5) is 35.9. The van der Waals surface area contributed by atoms with Crippen LogP contribution in [0.1, 0.15) is 26.4 Å². The molecule has 2 amide bonds. The van der Waals surface area contributed by atoms with E-state index < -0.39 is 5.91 Å². The molecular weight excluding hydrogens is 342 g/mol. The van der Waals surface area contributed by atoms with E-state index in [4.69, 9.17) is 5.73 Å². The molecule has 2 aromatic heterocycles. The number of benzene rings is 1. The van der Waals surface area contributed by atoms with E-state index in [-0.39, 0.29) is 5.91 Å². The smallest absolute Gasteiger partial charge is 0.270 e. The van der Waals surface area contributed by atoms with Gasteiger partial charge < -0.3 is 20.5 Å². The average Bonchev–Trinajstić information content (AvgIpc) is 3.13. The number of nitrogens with two attached hydrogens (primary N) is 1. The summed E-state index contributed by atoms with van der Waals surface area (Å²) >= 11 is 0. The predicted octanol–water partition coefficient (Wildman–Crippen LogP) is 1.93. The van der Waals surface area contributed by atoms with E-state index in [2.05, 4.69) is 9.97 Å². The Balaban J connectivity index is 1.50. The number of amides is 2. The van der Waals surface area contributed by atoms with Crippen LogP contribution in [0, 0.1) is 6.92 Å². The van der Waals surface area contributed by atoms with Gasteiger partial charge in [0, 0.05) is 43.3 Å². The first-order valence-electron chi connectivity index (χ1n) is 8.92. The van der Waals surface area contributed by atoms with Gasteiger partial charge in [-0.2, -0.15) is 0 Å². The number of anilines is 1. The number of carbonyl (C=O) groups excluding carboxylic acids is 2. The number of primary amides is 1. The molecule has 1 aliphatic heterocycles. The number of aromatic amines is 1. The normalized spacial score (nSPS) is 14.6. The van der Waals surface area contributed by atoms with Crippen molar-refractivity contribution in [2.75, 3.05) is 31.1 Å². The number of pyridine rings is 1. The lowest BCUT2D eigenvalue weighted by Gasteiger charge is -2.35. The maximum absolute atomic E-state index is 12.9. The molecule has 0 radical (unpaired) electrons. The highest BCUT2D eigenvalue weighted by Gasteiger charge is 2.25. The molecule has 3 heterocycles. The Labute approximate surface area is 156 Å². The molecule has 1 saturated heterocycles. The summed E-state index contributed by atoms with van der Waals surface area (Å²) in [5.74, 6) is 0.0739. The summed E-state index contributed by atoms with van der Waals surface area (Å²) in [5.41, 5.74) is 8.57. The number of aromatic nitrogens is 2. The Hall–Kier alpha value is -3.35. The van der Waals surface area contributed by atoms with Gasteiger partial charge in [-0.3, -0.25) is 9.59 Å². The van der Waals surface area contributed by atoms with Gasteiger partial charge in [0.05, 0.1) is 5.56 Å². The van der Waals surface area contributed by atoms with Gasteiger partial charge in [-0.25, -0.2) is 4.98 Å². The number of fused-ring (bicyclic) bond motifs is 1. The summed E-state index contributed by atoms with van der Waals surface area (Å²) in [6.45, 7) is 4.34. The molecule has 7 heteroatoms. The standard InChI is InChI=1S/C20H21N5O2/c1-13-4-2-5-14-12-16(23-17(13)14)20(27)25-10-8-24(9-11-25)19-15(18(21)26)6-3-7-22-19/h2-7,12,23H,8-11H2,1H3,(H2,21,26). The van der Waals surface area contributed by atoms with Crippen LogP contribution in [0.4, 0.5) is 5.82 Å². The largest absolute Gasteiger partial charge is 0.365 e. The Morgan fingerprint density at radius 3 is 2.59 bits per heavy atom. The number of nitrogens with zero attached hydrogens (tertiary/aromatic N) is 3. The van der Waals surface area contributed by atoms with Gasteiger partial charge >= 0.3 is 0 Å². The molecule has 0 saturated carbocycles. The van der Waals surface area contributed by atoms with Crippen LogP contribution in [0.2, 0.25) is 0 Å². The fourth-order valence-electron chi connectivity index (χ4n) is 3.56. The molecule has 1 aliphatic rings. The SMILES string of the molecule is Cc1cccc2cc(C(=O)N3CCN(c4ncccc4C(N)=O)CC3)[nH]c12. The Morgan fingerprint density at radius 1 is 1.11 bits per heavy atom. The van der Waals surface area contributed by atoms with Crippen LogP contribution in [0.15, 0.2) is 42.6 Å². The van der Waals surface area contributed by atoms with E-state index in [1.807, 2.05) is 41.0 Å². The van der Waals surface area contributed by atoms with Crippen molar-refractivity contribution >= 4 is 28.5 Å². The van der Waals surface area contributed by atoms with Gasteiger partial charge in [-0.15, -0.1) is 0 Å². The molecule has 3 aromatic rings. The molecule has 0 aliphatic carbocycles. The minimum atomic E-state index is -0.495. The summed E-state index contributed by atoms with van der Waals surface area (Å²) in [6.07, 6.45) is 1.64. The van der Waals surface area contributed by atoms with Crippen molar-refractivity contribution in [2.45, 2.75) is 6.92 Å². The highest BCUT2D eigenvalue weighted by Crippen LogP contribution is 2.22. The zero-order valence-electron chi connectivity index (χ0n) is 15.1. The number of para-hydroxylation sites is 1. The van der Waals surface area contributed by atoms with Crippen LogP contribution >= 0.6 is 0 Å². The molecule has 0 bridgehead atoms. The number of aryl methyl sites for hydroxylation is 1. The molecule has 1 aromatic carbocycles. The Morgan fingerprint density at radius 2 is 1.89 bits per heavy atom. The van der Waals surface area contributed by atoms with Gasteiger partial charge in [0.15, 0.2) is 0 Å². The van der Waals surface area contributed by atoms with Crippen LogP contribution in [-0.4, -0.2) is 52.9 Å². The van der Waals surface area contributed by atoms with Gasteiger partial charge in [-0.05, 0) is 30.7 Å². The fraction of sp³-hybridized carbons (Fsp3) is 0.250. The van der Waals surface area contributed by atoms with Crippen LogP contribution in [-0.2, 0) is 0 Å². The highest BCUT2D eigenvalue weighted by molar-refractivity contribution is 5.99. The molecule has 0 unspecified atom stereocenters. The van der Waals surface area contributed by atoms with Gasteiger partial charge in [0.2, 0.25) is 0 Å². The van der Waals surface area contributed by atoms with Crippen molar-refractivity contribution in [3.8, 4) is 0 Å². The molecule has 0 spiro atoms. The molecule has 27 heavy (non-hydrogen) atoms. The van der Waals surface area contributed by atoms with E-state index in [1.165, 1.54) is 0 Å². The second kappa shape index (κ2) is 6.75. The van der Waals surface area contributed by atoms with Gasteiger partial charge in [0.25, 0.3) is 11.8 Å². The molecule has 138 valence electrons. The zero-order valence-corrected chi connectivity index (χ0v) is 15.1. The van der Waals surface area contributed by atoms with Crippen LogP contribution < -0.4 is 10.6 Å². The summed E-state index contributed by atoms with van der Waals surface area (Å²) in [7, 11) is 0. The summed E-state index contributed by atoms with van der Waals surface area (Å²) < 4.78 is 0. The van der Waals surface area contributed by atoms with E-state index in [9.17, 15) is 9.59 Å². The molecule has 3 N–H and O–H groups in total. The number of hydrogen-bond donors (Lipinski definition) is 2. The van der Waals surface area contributed by atoms with Crippen LogP contribution in [0.5, 0.6) is 0 Å². The quantitative estimate of drug-likeness (QED) is 0.743. The number of nitrogens with one attached hydrogen (secondary N) is 1. The third kappa shape index (κ3) is 3.12. The number of rotatable bonds is 3. The van der Waals surface area contributed by atoms with Gasteiger partial charge in [0.1, 0.15) is 11.5 Å². The third-order valence-electron chi connectivity index (χ3n) is 5.01. The van der Waals surface area contributed by atoms with Crippen molar-refractivity contribution in [1.29, 1.82) is 0 Å². The monoisotopic (exact) mass is 363 g/mol. The van der Waals surface area contributed by atoms with Crippen molar-refractivity contribution in [3.05, 3.63) is 59.4 Å². The van der Waals surface area contributed by atoms with E-state index in [0.717, 1.165) is 16.5 Å². The first-order valence-corrected chi connectivity index (χ1v) is 8.92. The zero-order chi connectivity index (χ0) is 19.0. The molecule has 7 nitrogen and oxygen atoms in total. The van der Waals surface area contributed by atoms with Gasteiger partial charge in [-0.1, -0.05) is 18.2 Å². The minimum absolute atomic E-state index is 0.0126. The van der Waals surface area contributed by atoms with Crippen molar-refractivity contribution in [1.82, 2.24) is 14.9 Å². The van der Waals surface area contributed by atoms with E-state index in [1.54, 1.807) is 18.3 Å². The molecular formula is C20H21N5O2. The first kappa shape index (κ1) is 17.1. The summed E-state index contributed by atoms with van der Waals surface area (Å²) in [5, 5.41) is 1.04. The molecule has 4 rings (SSSR count). The van der Waals surface area contributed by atoms with E-state index in [0.29, 0.717) is 43.3 Å². The maximum atomic E-state index is 12.9. The predicted molar refractivity (Wildman–Crippen MR) is 104 cm³/mol. The molecule has 1 fully saturated rings. The van der Waals surface area contributed by atoms with Crippen molar-refractivity contribution < 1.29 is 9.59 Å². The van der Waals surface area contributed by atoms with Crippen LogP contribution in [0.3, 0.4) is 0 Å². The topological polar surface area (TPSA) is 95.3 Å². The minimum Gasteiger partial charge on any atom is -0.365 e. The second-order valence-corrected chi connectivity index (χ2v) is 6.74. The average molecular weight is 363 g/mol. The molecule has 0 atom stereocenters. The lowest BCUT2D eigenvalue weighted by molar-refractivity contribution is 0.0741. The maximum Gasteiger partial charge on any atom is 0.270 e. The number of carbonyl (C=O) groups is 2. The highest BCUT2D eigenvalue weighted by atomic mass is 16.2. The van der Waals surface area contributed by atoms with E-state index >= 15 is 0 Å². The second-order valence-electron chi connectivity index (χ2n) is 6.74. The van der Waals surface area contributed by atoms with Crippen molar-refractivity contribution in [3.63, 3.8) is 0 Å². The Kier molecular flexibility index (Phi) is 4.27. The van der Waals surface area contributed by atoms with Crippen LogP contribution in [0.25, 0.3) is 10.9 Å². The first-order chi connectivity index (χ1) is 13.0. The van der Waals surface area contributed by atoms with Crippen molar-refractivity contribution in [2.24, 2.45) is 5.73 Å².